The standard InChI is InChI=1S/C12H14ClF4NO2S/c1-2-5-18(8-12(15,16)17)21(19,20)11-6-10(14)4-3-9(11)7-13/h3-4,6H,2,5,7-8H2,1H3. The van der Waals surface area contributed by atoms with E-state index in [2.05, 4.69) is 0 Å². The second-order valence-electron chi connectivity index (χ2n) is 4.34. The molecule has 0 unspecified atom stereocenters. The minimum atomic E-state index is -4.68. The number of hydrogen-bond acceptors (Lipinski definition) is 2. The van der Waals surface area contributed by atoms with E-state index in [0.29, 0.717) is 6.07 Å². The third-order valence-corrected chi connectivity index (χ3v) is 4.83. The van der Waals surface area contributed by atoms with Crippen molar-refractivity contribution in [2.45, 2.75) is 30.3 Å². The Labute approximate surface area is 125 Å². The molecule has 1 rings (SSSR count). The first kappa shape index (κ1) is 18.2. The van der Waals surface area contributed by atoms with Gasteiger partial charge in [-0.2, -0.15) is 17.5 Å². The molecular weight excluding hydrogens is 334 g/mol. The van der Waals surface area contributed by atoms with Crippen LogP contribution in [-0.2, 0) is 15.9 Å². The molecule has 0 aliphatic heterocycles. The van der Waals surface area contributed by atoms with E-state index in [4.69, 9.17) is 11.6 Å². The maximum Gasteiger partial charge on any atom is 0.402 e. The van der Waals surface area contributed by atoms with Gasteiger partial charge in [0.2, 0.25) is 10.0 Å². The first-order valence-corrected chi connectivity index (χ1v) is 8.00. The van der Waals surface area contributed by atoms with Crippen LogP contribution in [0.15, 0.2) is 23.1 Å². The SMILES string of the molecule is CCCN(CC(F)(F)F)S(=O)(=O)c1cc(F)ccc1CCl. The average Bonchev–Trinajstić information content (AvgIpc) is 2.36. The van der Waals surface area contributed by atoms with Gasteiger partial charge in [-0.3, -0.25) is 0 Å². The lowest BCUT2D eigenvalue weighted by Gasteiger charge is -2.24. The highest BCUT2D eigenvalue weighted by Crippen LogP contribution is 2.26. The van der Waals surface area contributed by atoms with Crippen LogP contribution in [0.1, 0.15) is 18.9 Å². The maximum atomic E-state index is 13.3. The fraction of sp³-hybridized carbons (Fsp3) is 0.500. The van der Waals surface area contributed by atoms with Crippen LogP contribution in [0.2, 0.25) is 0 Å². The fourth-order valence-electron chi connectivity index (χ4n) is 1.75. The normalized spacial score (nSPS) is 12.9. The van der Waals surface area contributed by atoms with Gasteiger partial charge in [0.05, 0.1) is 4.90 Å². The van der Waals surface area contributed by atoms with Gasteiger partial charge in [-0.05, 0) is 24.1 Å². The molecule has 9 heteroatoms. The second kappa shape index (κ2) is 6.93. The first-order valence-electron chi connectivity index (χ1n) is 6.03. The van der Waals surface area contributed by atoms with Gasteiger partial charge in [-0.25, -0.2) is 12.8 Å². The molecule has 0 N–H and O–H groups in total. The van der Waals surface area contributed by atoms with Crippen LogP contribution in [0.4, 0.5) is 17.6 Å². The number of rotatable bonds is 6. The summed E-state index contributed by atoms with van der Waals surface area (Å²) in [5, 5.41) is 0. The Hall–Kier alpha value is -0.860. The van der Waals surface area contributed by atoms with Crippen molar-refractivity contribution < 1.29 is 26.0 Å². The molecule has 0 aliphatic carbocycles. The minimum absolute atomic E-state index is 0.0568. The summed E-state index contributed by atoms with van der Waals surface area (Å²) in [4.78, 5) is -0.532. The van der Waals surface area contributed by atoms with Gasteiger partial charge >= 0.3 is 6.18 Å². The summed E-state index contributed by atoms with van der Waals surface area (Å²) in [6, 6.07) is 2.84. The van der Waals surface area contributed by atoms with Crippen LogP contribution in [0.25, 0.3) is 0 Å². The number of nitrogens with zero attached hydrogens (tertiary/aromatic N) is 1. The fourth-order valence-corrected chi connectivity index (χ4v) is 3.81. The van der Waals surface area contributed by atoms with E-state index in [9.17, 15) is 26.0 Å². The van der Waals surface area contributed by atoms with Crippen LogP contribution in [0.3, 0.4) is 0 Å². The Morgan fingerprint density at radius 1 is 1.29 bits per heavy atom. The molecule has 0 amide bonds. The summed E-state index contributed by atoms with van der Waals surface area (Å²) in [5.74, 6) is -1.10. The van der Waals surface area contributed by atoms with E-state index in [1.54, 1.807) is 6.92 Å². The molecule has 3 nitrogen and oxygen atoms in total. The van der Waals surface area contributed by atoms with Crippen molar-refractivity contribution in [3.63, 3.8) is 0 Å². The summed E-state index contributed by atoms with van der Waals surface area (Å²) in [5.41, 5.74) is 0.0568. The Morgan fingerprint density at radius 2 is 1.90 bits per heavy atom. The summed E-state index contributed by atoms with van der Waals surface area (Å²) >= 11 is 5.58. The number of alkyl halides is 4. The highest BCUT2D eigenvalue weighted by molar-refractivity contribution is 7.89. The molecule has 0 atom stereocenters. The van der Waals surface area contributed by atoms with Crippen molar-refractivity contribution >= 4 is 21.6 Å². The molecule has 120 valence electrons. The van der Waals surface area contributed by atoms with Crippen molar-refractivity contribution in [2.24, 2.45) is 0 Å². The topological polar surface area (TPSA) is 37.4 Å². The van der Waals surface area contributed by atoms with Crippen molar-refractivity contribution in [1.29, 1.82) is 0 Å². The van der Waals surface area contributed by atoms with E-state index >= 15 is 0 Å². The highest BCUT2D eigenvalue weighted by Gasteiger charge is 2.37. The molecule has 0 spiro atoms. The zero-order chi connectivity index (χ0) is 16.3. The zero-order valence-electron chi connectivity index (χ0n) is 11.1. The third-order valence-electron chi connectivity index (χ3n) is 2.62. The van der Waals surface area contributed by atoms with E-state index in [-0.39, 0.29) is 28.7 Å². The van der Waals surface area contributed by atoms with Crippen molar-refractivity contribution in [2.75, 3.05) is 13.1 Å². The molecular formula is C12H14ClF4NO2S. The highest BCUT2D eigenvalue weighted by atomic mass is 35.5. The molecule has 0 bridgehead atoms. The molecule has 1 aromatic carbocycles. The molecule has 21 heavy (non-hydrogen) atoms. The molecule has 0 saturated heterocycles. The van der Waals surface area contributed by atoms with Crippen LogP contribution >= 0.6 is 11.6 Å². The van der Waals surface area contributed by atoms with Gasteiger partial charge in [0.25, 0.3) is 0 Å². The smallest absolute Gasteiger partial charge is 0.207 e. The quantitative estimate of drug-likeness (QED) is 0.583. The summed E-state index contributed by atoms with van der Waals surface area (Å²) < 4.78 is 75.8. The Kier molecular flexibility index (Phi) is 6.01. The van der Waals surface area contributed by atoms with Gasteiger partial charge in [0.15, 0.2) is 0 Å². The predicted molar refractivity (Wildman–Crippen MR) is 71.1 cm³/mol. The number of halogens is 5. The molecule has 0 heterocycles. The van der Waals surface area contributed by atoms with Gasteiger partial charge < -0.3 is 0 Å². The number of benzene rings is 1. The molecule has 0 aliphatic rings. The lowest BCUT2D eigenvalue weighted by molar-refractivity contribution is -0.136. The van der Waals surface area contributed by atoms with Crippen molar-refractivity contribution in [3.8, 4) is 0 Å². The van der Waals surface area contributed by atoms with E-state index < -0.39 is 33.5 Å². The molecule has 0 saturated carbocycles. The van der Waals surface area contributed by atoms with Crippen LogP contribution in [-0.4, -0.2) is 32.0 Å². The number of sulfonamides is 1. The maximum absolute atomic E-state index is 13.3. The Balaban J connectivity index is 3.32. The lowest BCUT2D eigenvalue weighted by atomic mass is 10.2. The predicted octanol–water partition coefficient (Wildman–Crippen LogP) is 3.53. The van der Waals surface area contributed by atoms with E-state index in [0.717, 1.165) is 12.1 Å². The van der Waals surface area contributed by atoms with Crippen molar-refractivity contribution in [1.82, 2.24) is 4.31 Å². The molecule has 0 aromatic heterocycles. The zero-order valence-corrected chi connectivity index (χ0v) is 12.7. The number of hydrogen-bond donors (Lipinski definition) is 0. The average molecular weight is 348 g/mol. The Bertz CT molecular complexity index is 589. The Morgan fingerprint density at radius 3 is 2.38 bits per heavy atom. The van der Waals surface area contributed by atoms with Crippen LogP contribution in [0.5, 0.6) is 0 Å². The minimum Gasteiger partial charge on any atom is -0.207 e. The molecule has 0 radical (unpaired) electrons. The lowest BCUT2D eigenvalue weighted by Crippen LogP contribution is -2.39. The van der Waals surface area contributed by atoms with Gasteiger partial charge in [-0.15, -0.1) is 11.6 Å². The van der Waals surface area contributed by atoms with E-state index in [1.807, 2.05) is 0 Å². The summed E-state index contributed by atoms with van der Waals surface area (Å²) in [7, 11) is -4.47. The van der Waals surface area contributed by atoms with E-state index in [1.165, 1.54) is 0 Å². The second-order valence-corrected chi connectivity index (χ2v) is 6.51. The molecule has 0 fully saturated rings. The van der Waals surface area contributed by atoms with Crippen molar-refractivity contribution in [3.05, 3.63) is 29.6 Å². The summed E-state index contributed by atoms with van der Waals surface area (Å²) in [6.07, 6.45) is -4.49. The van der Waals surface area contributed by atoms with Gasteiger partial charge in [0, 0.05) is 12.4 Å². The molecule has 1 aromatic rings. The largest absolute Gasteiger partial charge is 0.402 e. The summed E-state index contributed by atoms with van der Waals surface area (Å²) in [6.45, 7) is -0.394. The van der Waals surface area contributed by atoms with Gasteiger partial charge in [0.1, 0.15) is 12.4 Å². The van der Waals surface area contributed by atoms with Crippen LogP contribution < -0.4 is 0 Å². The third kappa shape index (κ3) is 4.82. The first-order chi connectivity index (χ1) is 9.61. The van der Waals surface area contributed by atoms with Gasteiger partial charge in [-0.1, -0.05) is 13.0 Å². The monoisotopic (exact) mass is 347 g/mol. The van der Waals surface area contributed by atoms with Crippen LogP contribution in [0, 0.1) is 5.82 Å².